The monoisotopic (exact) mass is 287 g/mol. The molecule has 0 aliphatic carbocycles. The van der Waals surface area contributed by atoms with Gasteiger partial charge in [-0.25, -0.2) is 0 Å². The van der Waals surface area contributed by atoms with E-state index in [2.05, 4.69) is 12.2 Å². The first-order valence-electron chi connectivity index (χ1n) is 6.44. The lowest BCUT2D eigenvalue weighted by atomic mass is 10.2. The van der Waals surface area contributed by atoms with Crippen LogP contribution in [0.5, 0.6) is 11.5 Å². The maximum atomic E-state index is 6.22. The Labute approximate surface area is 120 Å². The lowest BCUT2D eigenvalue weighted by Crippen LogP contribution is -2.09. The van der Waals surface area contributed by atoms with Gasteiger partial charge in [0.15, 0.2) is 11.5 Å². The molecule has 0 fully saturated rings. The molecule has 5 heteroatoms. The van der Waals surface area contributed by atoms with Crippen LogP contribution in [0.4, 0.5) is 0 Å². The molecule has 0 heterocycles. The minimum atomic E-state index is 0.460. The smallest absolute Gasteiger partial charge is 0.179 e. The predicted octanol–water partition coefficient (Wildman–Crippen LogP) is 2.87. The third kappa shape index (κ3) is 5.27. The number of rotatable bonds is 9. The zero-order valence-electron chi connectivity index (χ0n) is 11.8. The van der Waals surface area contributed by atoms with Crippen LogP contribution in [0.2, 0.25) is 5.02 Å². The van der Waals surface area contributed by atoms with Crippen molar-refractivity contribution in [3.63, 3.8) is 0 Å². The Morgan fingerprint density at radius 1 is 1.21 bits per heavy atom. The Morgan fingerprint density at radius 2 is 2.00 bits per heavy atom. The minimum absolute atomic E-state index is 0.460. The van der Waals surface area contributed by atoms with Crippen molar-refractivity contribution in [3.05, 3.63) is 22.7 Å². The minimum Gasteiger partial charge on any atom is -0.493 e. The second kappa shape index (κ2) is 9.02. The van der Waals surface area contributed by atoms with Crippen molar-refractivity contribution < 1.29 is 14.2 Å². The number of halogens is 1. The highest BCUT2D eigenvalue weighted by atomic mass is 35.5. The molecule has 0 atom stereocenters. The quantitative estimate of drug-likeness (QED) is 0.709. The molecular weight excluding hydrogens is 266 g/mol. The molecule has 1 N–H and O–H groups in total. The fraction of sp³-hybridized carbons (Fsp3) is 0.571. The van der Waals surface area contributed by atoms with Gasteiger partial charge in [0.25, 0.3) is 0 Å². The number of nitrogens with one attached hydrogen (secondary N) is 1. The molecule has 0 radical (unpaired) electrons. The van der Waals surface area contributed by atoms with E-state index in [9.17, 15) is 0 Å². The van der Waals surface area contributed by atoms with E-state index in [0.717, 1.165) is 25.1 Å². The van der Waals surface area contributed by atoms with E-state index < -0.39 is 0 Å². The number of benzene rings is 1. The molecule has 1 aromatic rings. The first-order chi connectivity index (χ1) is 9.22. The van der Waals surface area contributed by atoms with Crippen LogP contribution in [0.3, 0.4) is 0 Å². The fourth-order valence-electron chi connectivity index (χ4n) is 1.67. The van der Waals surface area contributed by atoms with E-state index in [1.807, 2.05) is 19.2 Å². The van der Waals surface area contributed by atoms with Crippen molar-refractivity contribution in [2.75, 3.05) is 34.0 Å². The molecule has 19 heavy (non-hydrogen) atoms. The summed E-state index contributed by atoms with van der Waals surface area (Å²) in [5.74, 6) is 1.22. The summed E-state index contributed by atoms with van der Waals surface area (Å²) in [5, 5.41) is 3.63. The third-order valence-electron chi connectivity index (χ3n) is 2.49. The van der Waals surface area contributed by atoms with Gasteiger partial charge in [-0.05, 0) is 31.2 Å². The predicted molar refractivity (Wildman–Crippen MR) is 77.4 cm³/mol. The number of methoxy groups -OCH3 is 1. The van der Waals surface area contributed by atoms with E-state index in [1.165, 1.54) is 0 Å². The third-order valence-corrected chi connectivity index (χ3v) is 2.77. The van der Waals surface area contributed by atoms with Crippen molar-refractivity contribution in [3.8, 4) is 11.5 Å². The zero-order chi connectivity index (χ0) is 14.1. The van der Waals surface area contributed by atoms with Crippen LogP contribution in [-0.2, 0) is 11.3 Å². The summed E-state index contributed by atoms with van der Waals surface area (Å²) in [6.45, 7) is 4.56. The summed E-state index contributed by atoms with van der Waals surface area (Å²) in [6, 6.07) is 3.80. The zero-order valence-corrected chi connectivity index (χ0v) is 12.5. The molecule has 0 saturated carbocycles. The van der Waals surface area contributed by atoms with Crippen molar-refractivity contribution in [1.29, 1.82) is 0 Å². The number of hydrogen-bond acceptors (Lipinski definition) is 4. The van der Waals surface area contributed by atoms with Gasteiger partial charge >= 0.3 is 0 Å². The number of hydrogen-bond donors (Lipinski definition) is 1. The molecule has 108 valence electrons. The molecule has 0 aliphatic heterocycles. The van der Waals surface area contributed by atoms with Crippen molar-refractivity contribution in [2.45, 2.75) is 19.9 Å². The highest BCUT2D eigenvalue weighted by Gasteiger charge is 2.11. The Morgan fingerprint density at radius 3 is 2.63 bits per heavy atom. The van der Waals surface area contributed by atoms with Gasteiger partial charge in [0.05, 0.1) is 18.7 Å². The van der Waals surface area contributed by atoms with E-state index in [0.29, 0.717) is 29.7 Å². The molecule has 1 aromatic carbocycles. The van der Waals surface area contributed by atoms with Gasteiger partial charge in [-0.2, -0.15) is 0 Å². The van der Waals surface area contributed by atoms with Crippen LogP contribution in [0, 0.1) is 0 Å². The number of ether oxygens (including phenoxy) is 3. The largest absolute Gasteiger partial charge is 0.493 e. The fourth-order valence-corrected chi connectivity index (χ4v) is 1.96. The van der Waals surface area contributed by atoms with Gasteiger partial charge in [-0.3, -0.25) is 0 Å². The topological polar surface area (TPSA) is 39.7 Å². The van der Waals surface area contributed by atoms with Crippen LogP contribution in [0.25, 0.3) is 0 Å². The summed E-state index contributed by atoms with van der Waals surface area (Å²) < 4.78 is 16.3. The summed E-state index contributed by atoms with van der Waals surface area (Å²) in [4.78, 5) is 0. The molecule has 4 nitrogen and oxygen atoms in total. The van der Waals surface area contributed by atoms with Crippen LogP contribution in [-0.4, -0.2) is 34.0 Å². The van der Waals surface area contributed by atoms with Gasteiger partial charge in [0.2, 0.25) is 0 Å². The maximum Gasteiger partial charge on any atom is 0.179 e. The standard InChI is InChI=1S/C14H22ClNO3/c1-4-5-18-6-7-19-14-12(15)8-11(10-16-2)9-13(14)17-3/h8-9,16H,4-7,10H2,1-3H3. The van der Waals surface area contributed by atoms with E-state index >= 15 is 0 Å². The van der Waals surface area contributed by atoms with Crippen LogP contribution < -0.4 is 14.8 Å². The van der Waals surface area contributed by atoms with Crippen LogP contribution in [0.1, 0.15) is 18.9 Å². The Hall–Kier alpha value is -0.970. The van der Waals surface area contributed by atoms with E-state index in [-0.39, 0.29) is 0 Å². The summed E-state index contributed by atoms with van der Waals surface area (Å²) >= 11 is 6.22. The summed E-state index contributed by atoms with van der Waals surface area (Å²) in [7, 11) is 3.49. The lowest BCUT2D eigenvalue weighted by Gasteiger charge is -2.14. The second-order valence-corrected chi connectivity index (χ2v) is 4.51. The lowest BCUT2D eigenvalue weighted by molar-refractivity contribution is 0.0995. The molecule has 0 bridgehead atoms. The van der Waals surface area contributed by atoms with Crippen molar-refractivity contribution in [1.82, 2.24) is 5.32 Å². The molecule has 1 rings (SSSR count). The maximum absolute atomic E-state index is 6.22. The Bertz CT molecular complexity index is 385. The normalized spacial score (nSPS) is 10.5. The Kier molecular flexibility index (Phi) is 7.63. The van der Waals surface area contributed by atoms with Gasteiger partial charge in [-0.1, -0.05) is 18.5 Å². The van der Waals surface area contributed by atoms with E-state index in [1.54, 1.807) is 7.11 Å². The van der Waals surface area contributed by atoms with Gasteiger partial charge in [0, 0.05) is 13.2 Å². The van der Waals surface area contributed by atoms with Gasteiger partial charge in [-0.15, -0.1) is 0 Å². The summed E-state index contributed by atoms with van der Waals surface area (Å²) in [5.41, 5.74) is 1.05. The average molecular weight is 288 g/mol. The SMILES string of the molecule is CCCOCCOc1c(Cl)cc(CNC)cc1OC. The highest BCUT2D eigenvalue weighted by Crippen LogP contribution is 2.36. The van der Waals surface area contributed by atoms with E-state index in [4.69, 9.17) is 25.8 Å². The van der Waals surface area contributed by atoms with Crippen LogP contribution in [0.15, 0.2) is 12.1 Å². The molecular formula is C14H22ClNO3. The van der Waals surface area contributed by atoms with Gasteiger partial charge in [0.1, 0.15) is 6.61 Å². The summed E-state index contributed by atoms with van der Waals surface area (Å²) in [6.07, 6.45) is 1.00. The highest BCUT2D eigenvalue weighted by molar-refractivity contribution is 6.32. The molecule has 0 aromatic heterocycles. The Balaban J connectivity index is 2.65. The molecule has 0 unspecified atom stereocenters. The van der Waals surface area contributed by atoms with Gasteiger partial charge < -0.3 is 19.5 Å². The van der Waals surface area contributed by atoms with Crippen molar-refractivity contribution >= 4 is 11.6 Å². The average Bonchev–Trinajstić information content (AvgIpc) is 2.40. The molecule has 0 saturated heterocycles. The molecule has 0 amide bonds. The molecule has 0 spiro atoms. The molecule has 0 aliphatic rings. The second-order valence-electron chi connectivity index (χ2n) is 4.10. The first kappa shape index (κ1) is 16.1. The first-order valence-corrected chi connectivity index (χ1v) is 6.82. The van der Waals surface area contributed by atoms with Crippen molar-refractivity contribution in [2.24, 2.45) is 0 Å². The van der Waals surface area contributed by atoms with Crippen LogP contribution >= 0.6 is 11.6 Å².